The van der Waals surface area contributed by atoms with Crippen molar-refractivity contribution in [3.63, 3.8) is 0 Å². The van der Waals surface area contributed by atoms with Gasteiger partial charge in [0.1, 0.15) is 0 Å². The van der Waals surface area contributed by atoms with Crippen LogP contribution in [-0.4, -0.2) is 32.9 Å². The Kier molecular flexibility index (Phi) is 5.41. The Hall–Kier alpha value is -2.90. The van der Waals surface area contributed by atoms with Crippen LogP contribution in [0.25, 0.3) is 0 Å². The quantitative estimate of drug-likeness (QED) is 0.834. The number of aromatic nitrogens is 2. The summed E-state index contributed by atoms with van der Waals surface area (Å²) in [4.78, 5) is 22.9. The Morgan fingerprint density at radius 2 is 2.08 bits per heavy atom. The fourth-order valence-electron chi connectivity index (χ4n) is 2.35. The SMILES string of the molecule is Cc1nn(C)c(C)c1CC(=O)Nc1ccc(OC(C)C(=O)O)c(F)c1. The molecule has 25 heavy (non-hydrogen) atoms. The van der Waals surface area contributed by atoms with Crippen molar-refractivity contribution in [2.45, 2.75) is 33.3 Å². The van der Waals surface area contributed by atoms with Gasteiger partial charge in [-0.25, -0.2) is 9.18 Å². The number of carbonyl (C=O) groups is 2. The molecule has 7 nitrogen and oxygen atoms in total. The van der Waals surface area contributed by atoms with E-state index in [4.69, 9.17) is 9.84 Å². The van der Waals surface area contributed by atoms with E-state index in [1.165, 1.54) is 19.1 Å². The lowest BCUT2D eigenvalue weighted by Crippen LogP contribution is -2.23. The van der Waals surface area contributed by atoms with Crippen LogP contribution in [0.5, 0.6) is 5.75 Å². The van der Waals surface area contributed by atoms with Crippen molar-refractivity contribution in [1.82, 2.24) is 9.78 Å². The fourth-order valence-corrected chi connectivity index (χ4v) is 2.35. The number of nitrogens with zero attached hydrogens (tertiary/aromatic N) is 2. The van der Waals surface area contributed by atoms with Gasteiger partial charge in [-0.05, 0) is 32.9 Å². The smallest absolute Gasteiger partial charge is 0.344 e. The largest absolute Gasteiger partial charge is 0.479 e. The first kappa shape index (κ1) is 18.4. The van der Waals surface area contributed by atoms with Gasteiger partial charge in [0, 0.05) is 30.1 Å². The lowest BCUT2D eigenvalue weighted by molar-refractivity contribution is -0.144. The zero-order chi connectivity index (χ0) is 18.7. The van der Waals surface area contributed by atoms with Crippen LogP contribution < -0.4 is 10.1 Å². The second-order valence-corrected chi connectivity index (χ2v) is 5.74. The monoisotopic (exact) mass is 349 g/mol. The molecular weight excluding hydrogens is 329 g/mol. The number of ether oxygens (including phenoxy) is 1. The number of carboxylic acid groups (broad SMARTS) is 1. The lowest BCUT2D eigenvalue weighted by atomic mass is 10.1. The maximum Gasteiger partial charge on any atom is 0.344 e. The number of aliphatic carboxylic acids is 1. The predicted molar refractivity (Wildman–Crippen MR) is 89.1 cm³/mol. The molecule has 0 saturated heterocycles. The maximum atomic E-state index is 14.0. The minimum absolute atomic E-state index is 0.126. The number of benzene rings is 1. The second-order valence-electron chi connectivity index (χ2n) is 5.74. The molecule has 134 valence electrons. The van der Waals surface area contributed by atoms with E-state index >= 15 is 0 Å². The molecule has 1 aromatic carbocycles. The molecule has 1 atom stereocenters. The first-order chi connectivity index (χ1) is 11.7. The van der Waals surface area contributed by atoms with Gasteiger partial charge in [-0.2, -0.15) is 5.10 Å². The van der Waals surface area contributed by atoms with Gasteiger partial charge in [-0.15, -0.1) is 0 Å². The highest BCUT2D eigenvalue weighted by Gasteiger charge is 2.17. The third kappa shape index (κ3) is 4.34. The third-order valence-corrected chi connectivity index (χ3v) is 3.86. The van der Waals surface area contributed by atoms with Crippen LogP contribution in [0.4, 0.5) is 10.1 Å². The normalized spacial score (nSPS) is 11.9. The number of anilines is 1. The summed E-state index contributed by atoms with van der Waals surface area (Å²) in [6, 6.07) is 3.82. The van der Waals surface area contributed by atoms with E-state index in [2.05, 4.69) is 10.4 Å². The van der Waals surface area contributed by atoms with Crippen molar-refractivity contribution in [1.29, 1.82) is 0 Å². The van der Waals surface area contributed by atoms with Crippen LogP contribution >= 0.6 is 0 Å². The number of hydrogen-bond donors (Lipinski definition) is 2. The Labute approximate surface area is 144 Å². The first-order valence-corrected chi connectivity index (χ1v) is 7.67. The molecular formula is C17H20FN3O4. The van der Waals surface area contributed by atoms with Crippen molar-refractivity contribution in [2.75, 3.05) is 5.32 Å². The number of carbonyl (C=O) groups excluding carboxylic acids is 1. The van der Waals surface area contributed by atoms with Gasteiger partial charge in [-0.3, -0.25) is 9.48 Å². The van der Waals surface area contributed by atoms with E-state index in [1.807, 2.05) is 13.8 Å². The molecule has 0 aliphatic rings. The zero-order valence-electron chi connectivity index (χ0n) is 14.5. The summed E-state index contributed by atoms with van der Waals surface area (Å²) in [5.74, 6) is -2.43. The molecule has 2 aromatic rings. The summed E-state index contributed by atoms with van der Waals surface area (Å²) >= 11 is 0. The molecule has 0 aliphatic heterocycles. The van der Waals surface area contributed by atoms with Crippen molar-refractivity contribution in [2.24, 2.45) is 7.05 Å². The van der Waals surface area contributed by atoms with Crippen molar-refractivity contribution in [3.8, 4) is 5.75 Å². The van der Waals surface area contributed by atoms with Crippen LogP contribution in [0, 0.1) is 19.7 Å². The van der Waals surface area contributed by atoms with Crippen molar-refractivity contribution in [3.05, 3.63) is 41.0 Å². The number of halogens is 1. The summed E-state index contributed by atoms with van der Waals surface area (Å²) in [6.07, 6.45) is -1.05. The molecule has 1 unspecified atom stereocenters. The minimum Gasteiger partial charge on any atom is -0.479 e. The van der Waals surface area contributed by atoms with Crippen LogP contribution in [0.1, 0.15) is 23.9 Å². The van der Waals surface area contributed by atoms with E-state index in [0.717, 1.165) is 23.0 Å². The van der Waals surface area contributed by atoms with E-state index in [9.17, 15) is 14.0 Å². The number of aryl methyl sites for hydroxylation is 2. The number of carboxylic acids is 1. The van der Waals surface area contributed by atoms with E-state index in [0.29, 0.717) is 0 Å². The number of hydrogen-bond acceptors (Lipinski definition) is 4. The average Bonchev–Trinajstić information content (AvgIpc) is 2.76. The van der Waals surface area contributed by atoms with Crippen LogP contribution in [0.15, 0.2) is 18.2 Å². The average molecular weight is 349 g/mol. The van der Waals surface area contributed by atoms with E-state index in [-0.39, 0.29) is 23.8 Å². The van der Waals surface area contributed by atoms with E-state index in [1.54, 1.807) is 11.7 Å². The Morgan fingerprint density at radius 3 is 2.60 bits per heavy atom. The molecule has 0 spiro atoms. The van der Waals surface area contributed by atoms with Crippen molar-refractivity contribution < 1.29 is 23.8 Å². The van der Waals surface area contributed by atoms with Crippen LogP contribution in [-0.2, 0) is 23.1 Å². The molecule has 2 N–H and O–H groups in total. The van der Waals surface area contributed by atoms with E-state index < -0.39 is 17.9 Å². The molecule has 8 heteroatoms. The van der Waals surface area contributed by atoms with Gasteiger partial charge in [0.15, 0.2) is 17.7 Å². The standard InChI is InChI=1S/C17H20FN3O4/c1-9-13(10(2)21(4)20-9)8-16(22)19-12-5-6-15(14(18)7-12)25-11(3)17(23)24/h5-7,11H,8H2,1-4H3,(H,19,22)(H,23,24). The first-order valence-electron chi connectivity index (χ1n) is 7.67. The predicted octanol–water partition coefficient (Wildman–Crippen LogP) is 2.21. The van der Waals surface area contributed by atoms with Gasteiger partial charge in [0.2, 0.25) is 5.91 Å². The Balaban J connectivity index is 2.06. The van der Waals surface area contributed by atoms with Gasteiger partial charge < -0.3 is 15.2 Å². The molecule has 1 heterocycles. The topological polar surface area (TPSA) is 93.5 Å². The number of nitrogens with one attached hydrogen (secondary N) is 1. The molecule has 0 fully saturated rings. The third-order valence-electron chi connectivity index (χ3n) is 3.86. The van der Waals surface area contributed by atoms with Gasteiger partial charge >= 0.3 is 5.97 Å². The summed E-state index contributed by atoms with van der Waals surface area (Å²) in [7, 11) is 1.80. The van der Waals surface area contributed by atoms with Crippen LogP contribution in [0.3, 0.4) is 0 Å². The maximum absolute atomic E-state index is 14.0. The fraction of sp³-hybridized carbons (Fsp3) is 0.353. The van der Waals surface area contributed by atoms with Gasteiger partial charge in [-0.1, -0.05) is 0 Å². The Morgan fingerprint density at radius 1 is 1.40 bits per heavy atom. The summed E-state index contributed by atoms with van der Waals surface area (Å²) in [6.45, 7) is 5.00. The molecule has 0 radical (unpaired) electrons. The zero-order valence-corrected chi connectivity index (χ0v) is 14.5. The molecule has 1 amide bonds. The summed E-state index contributed by atoms with van der Waals surface area (Å²) < 4.78 is 20.7. The van der Waals surface area contributed by atoms with Crippen molar-refractivity contribution >= 4 is 17.6 Å². The summed E-state index contributed by atoms with van der Waals surface area (Å²) in [5, 5.41) is 15.6. The number of amides is 1. The highest BCUT2D eigenvalue weighted by Crippen LogP contribution is 2.23. The molecule has 1 aromatic heterocycles. The highest BCUT2D eigenvalue weighted by molar-refractivity contribution is 5.92. The van der Waals surface area contributed by atoms with Crippen LogP contribution in [0.2, 0.25) is 0 Å². The van der Waals surface area contributed by atoms with Gasteiger partial charge in [0.05, 0.1) is 12.1 Å². The molecule has 0 saturated carbocycles. The highest BCUT2D eigenvalue weighted by atomic mass is 19.1. The number of rotatable bonds is 6. The lowest BCUT2D eigenvalue weighted by Gasteiger charge is -2.12. The molecule has 0 bridgehead atoms. The molecule has 0 aliphatic carbocycles. The minimum atomic E-state index is -1.20. The summed E-state index contributed by atoms with van der Waals surface area (Å²) in [5.41, 5.74) is 2.76. The second kappa shape index (κ2) is 7.33. The molecule has 2 rings (SSSR count). The van der Waals surface area contributed by atoms with Gasteiger partial charge in [0.25, 0.3) is 0 Å². The Bertz CT molecular complexity index is 816.